The molecule has 0 aromatic heterocycles. The molecule has 3 aromatic carbocycles. The highest BCUT2D eigenvalue weighted by atomic mass is 32.2. The van der Waals surface area contributed by atoms with Gasteiger partial charge in [0.1, 0.15) is 0 Å². The molecule has 0 radical (unpaired) electrons. The zero-order chi connectivity index (χ0) is 19.1. The van der Waals surface area contributed by atoms with Gasteiger partial charge in [0.15, 0.2) is 0 Å². The molecule has 27 heavy (non-hydrogen) atoms. The molecule has 0 fully saturated rings. The Morgan fingerprint density at radius 2 is 1.52 bits per heavy atom. The van der Waals surface area contributed by atoms with E-state index in [9.17, 15) is 9.59 Å². The predicted molar refractivity (Wildman–Crippen MR) is 110 cm³/mol. The van der Waals surface area contributed by atoms with E-state index in [0.717, 1.165) is 10.6 Å². The van der Waals surface area contributed by atoms with E-state index in [1.807, 2.05) is 42.5 Å². The van der Waals surface area contributed by atoms with Crippen LogP contribution in [0.15, 0.2) is 83.8 Å². The summed E-state index contributed by atoms with van der Waals surface area (Å²) in [6.07, 6.45) is 0.0888. The molecule has 0 bridgehead atoms. The average Bonchev–Trinajstić information content (AvgIpc) is 2.69. The Kier molecular flexibility index (Phi) is 6.28. The molecule has 0 spiro atoms. The van der Waals surface area contributed by atoms with Crippen LogP contribution in [-0.4, -0.2) is 11.8 Å². The van der Waals surface area contributed by atoms with Crippen molar-refractivity contribution in [1.82, 2.24) is 0 Å². The van der Waals surface area contributed by atoms with Gasteiger partial charge in [-0.2, -0.15) is 0 Å². The molecule has 4 nitrogen and oxygen atoms in total. The number of hydrogen-bond acceptors (Lipinski definition) is 3. The van der Waals surface area contributed by atoms with Crippen molar-refractivity contribution in [1.29, 1.82) is 0 Å². The largest absolute Gasteiger partial charge is 0.369 e. The van der Waals surface area contributed by atoms with E-state index >= 15 is 0 Å². The van der Waals surface area contributed by atoms with Gasteiger partial charge < -0.3 is 11.1 Å². The van der Waals surface area contributed by atoms with Crippen LogP contribution in [0.1, 0.15) is 21.5 Å². The van der Waals surface area contributed by atoms with Gasteiger partial charge in [-0.1, -0.05) is 48.5 Å². The summed E-state index contributed by atoms with van der Waals surface area (Å²) in [7, 11) is 0. The van der Waals surface area contributed by atoms with Crippen molar-refractivity contribution < 1.29 is 9.59 Å². The number of nitrogens with two attached hydrogens (primary N) is 1. The Bertz CT molecular complexity index is 925. The second kappa shape index (κ2) is 9.05. The topological polar surface area (TPSA) is 72.2 Å². The molecule has 0 aliphatic carbocycles. The maximum absolute atomic E-state index is 12.5. The maximum atomic E-state index is 12.5. The van der Waals surface area contributed by atoms with Gasteiger partial charge >= 0.3 is 0 Å². The minimum absolute atomic E-state index is 0.0888. The molecule has 0 atom stereocenters. The lowest BCUT2D eigenvalue weighted by Gasteiger charge is -2.10. The van der Waals surface area contributed by atoms with Gasteiger partial charge in [-0.15, -0.1) is 11.8 Å². The lowest BCUT2D eigenvalue weighted by molar-refractivity contribution is -0.117. The summed E-state index contributed by atoms with van der Waals surface area (Å²) in [5.74, 6) is 0.232. The van der Waals surface area contributed by atoms with Crippen LogP contribution in [0.4, 0.5) is 5.69 Å². The maximum Gasteiger partial charge on any atom is 0.255 e. The first kappa shape index (κ1) is 18.7. The number of rotatable bonds is 7. The fraction of sp³-hybridized carbons (Fsp3) is 0.0909. The Labute approximate surface area is 162 Å². The molecule has 0 unspecified atom stereocenters. The third-order valence-corrected chi connectivity index (χ3v) is 5.08. The molecule has 0 saturated carbocycles. The number of carbonyl (C=O) groups excluding carboxylic acids is 2. The van der Waals surface area contributed by atoms with Crippen LogP contribution in [-0.2, 0) is 17.0 Å². The van der Waals surface area contributed by atoms with Gasteiger partial charge in [0.2, 0.25) is 5.91 Å². The van der Waals surface area contributed by atoms with E-state index in [1.54, 1.807) is 36.0 Å². The number of amides is 2. The summed E-state index contributed by atoms with van der Waals surface area (Å²) >= 11 is 1.72. The number of carbonyl (C=O) groups is 2. The molecule has 0 heterocycles. The zero-order valence-electron chi connectivity index (χ0n) is 14.7. The first-order valence-electron chi connectivity index (χ1n) is 8.56. The molecule has 0 aliphatic heterocycles. The van der Waals surface area contributed by atoms with Crippen molar-refractivity contribution in [2.75, 3.05) is 5.32 Å². The van der Waals surface area contributed by atoms with Crippen LogP contribution in [0.5, 0.6) is 0 Å². The molecule has 3 rings (SSSR count). The summed E-state index contributed by atoms with van der Waals surface area (Å²) in [5.41, 5.74) is 8.39. The van der Waals surface area contributed by atoms with Gasteiger partial charge in [0.25, 0.3) is 5.91 Å². The van der Waals surface area contributed by atoms with Gasteiger partial charge in [0.05, 0.1) is 6.42 Å². The molecule has 0 saturated heterocycles. The van der Waals surface area contributed by atoms with Crippen molar-refractivity contribution in [3.05, 3.63) is 95.6 Å². The quantitative estimate of drug-likeness (QED) is 0.605. The Balaban J connectivity index is 1.63. The van der Waals surface area contributed by atoms with E-state index in [-0.39, 0.29) is 12.3 Å². The minimum Gasteiger partial charge on any atom is -0.369 e. The Morgan fingerprint density at radius 1 is 0.852 bits per heavy atom. The van der Waals surface area contributed by atoms with Crippen molar-refractivity contribution in [3.8, 4) is 0 Å². The molecule has 0 aliphatic rings. The monoisotopic (exact) mass is 376 g/mol. The number of para-hydroxylation sites is 1. The SMILES string of the molecule is NC(=O)Cc1ccccc1NC(=O)c1ccc(SCc2ccccc2)cc1. The molecule has 3 aromatic rings. The number of anilines is 1. The first-order valence-corrected chi connectivity index (χ1v) is 9.55. The second-order valence-electron chi connectivity index (χ2n) is 6.05. The Hall–Kier alpha value is -3.05. The van der Waals surface area contributed by atoms with E-state index in [0.29, 0.717) is 16.8 Å². The Morgan fingerprint density at radius 3 is 2.22 bits per heavy atom. The predicted octanol–water partition coefficient (Wildman–Crippen LogP) is 4.26. The van der Waals surface area contributed by atoms with Crippen LogP contribution in [0.2, 0.25) is 0 Å². The number of benzene rings is 3. The highest BCUT2D eigenvalue weighted by Gasteiger charge is 2.10. The van der Waals surface area contributed by atoms with Crippen LogP contribution in [0.25, 0.3) is 0 Å². The summed E-state index contributed by atoms with van der Waals surface area (Å²) in [6.45, 7) is 0. The highest BCUT2D eigenvalue weighted by molar-refractivity contribution is 7.98. The van der Waals surface area contributed by atoms with Crippen LogP contribution < -0.4 is 11.1 Å². The molecular weight excluding hydrogens is 356 g/mol. The van der Waals surface area contributed by atoms with Crippen LogP contribution in [0.3, 0.4) is 0 Å². The molecule has 136 valence electrons. The third-order valence-electron chi connectivity index (χ3n) is 4.00. The molecule has 3 N–H and O–H groups in total. The second-order valence-corrected chi connectivity index (χ2v) is 7.10. The zero-order valence-corrected chi connectivity index (χ0v) is 15.5. The summed E-state index contributed by atoms with van der Waals surface area (Å²) in [4.78, 5) is 24.8. The lowest BCUT2D eigenvalue weighted by atomic mass is 10.1. The van der Waals surface area contributed by atoms with Gasteiger partial charge in [-0.3, -0.25) is 9.59 Å². The average molecular weight is 376 g/mol. The van der Waals surface area contributed by atoms with Gasteiger partial charge in [-0.25, -0.2) is 0 Å². The highest BCUT2D eigenvalue weighted by Crippen LogP contribution is 2.23. The van der Waals surface area contributed by atoms with Crippen LogP contribution in [0, 0.1) is 0 Å². The van der Waals surface area contributed by atoms with E-state index in [1.165, 1.54) is 5.56 Å². The van der Waals surface area contributed by atoms with Crippen LogP contribution >= 0.6 is 11.8 Å². The normalized spacial score (nSPS) is 10.4. The van der Waals surface area contributed by atoms with Gasteiger partial charge in [-0.05, 0) is 41.5 Å². The number of hydrogen-bond donors (Lipinski definition) is 2. The standard InChI is InChI=1S/C22H20N2O2S/c23-21(25)14-18-8-4-5-9-20(18)24-22(26)17-10-12-19(13-11-17)27-15-16-6-2-1-3-7-16/h1-13H,14-15H2,(H2,23,25)(H,24,26). The van der Waals surface area contributed by atoms with Crippen molar-refractivity contribution in [2.45, 2.75) is 17.1 Å². The fourth-order valence-corrected chi connectivity index (χ4v) is 3.48. The molecular formula is C22H20N2O2S. The van der Waals surface area contributed by atoms with Crippen molar-refractivity contribution in [3.63, 3.8) is 0 Å². The van der Waals surface area contributed by atoms with E-state index in [4.69, 9.17) is 5.73 Å². The summed E-state index contributed by atoms with van der Waals surface area (Å²) < 4.78 is 0. The van der Waals surface area contributed by atoms with Crippen molar-refractivity contribution >= 4 is 29.3 Å². The number of thioether (sulfide) groups is 1. The summed E-state index contributed by atoms with van der Waals surface area (Å²) in [6, 6.07) is 24.9. The first-order chi connectivity index (χ1) is 13.1. The lowest BCUT2D eigenvalue weighted by Crippen LogP contribution is -2.17. The number of primary amides is 1. The third kappa shape index (κ3) is 5.46. The number of nitrogens with one attached hydrogen (secondary N) is 1. The minimum atomic E-state index is -0.434. The summed E-state index contributed by atoms with van der Waals surface area (Å²) in [5, 5.41) is 2.86. The van der Waals surface area contributed by atoms with Gasteiger partial charge in [0, 0.05) is 21.9 Å². The molecule has 2 amide bonds. The fourth-order valence-electron chi connectivity index (χ4n) is 2.62. The van der Waals surface area contributed by atoms with Crippen molar-refractivity contribution in [2.24, 2.45) is 5.73 Å². The smallest absolute Gasteiger partial charge is 0.255 e. The van der Waals surface area contributed by atoms with E-state index < -0.39 is 5.91 Å². The van der Waals surface area contributed by atoms with E-state index in [2.05, 4.69) is 17.4 Å². The molecule has 5 heteroatoms.